The van der Waals surface area contributed by atoms with Crippen LogP contribution in [0.15, 0.2) is 10.8 Å². The normalized spacial score (nSPS) is 21.5. The molecule has 0 bridgehead atoms. The Morgan fingerprint density at radius 3 is 3.12 bits per heavy atom. The highest BCUT2D eigenvalue weighted by molar-refractivity contribution is 5.77. The fourth-order valence-electron chi connectivity index (χ4n) is 1.94. The molecular formula is C10H16N4O2. The molecule has 88 valence electrons. The van der Waals surface area contributed by atoms with E-state index < -0.39 is 0 Å². The van der Waals surface area contributed by atoms with Gasteiger partial charge in [0.05, 0.1) is 6.20 Å². The van der Waals surface area contributed by atoms with Crippen molar-refractivity contribution in [3.63, 3.8) is 0 Å². The summed E-state index contributed by atoms with van der Waals surface area (Å²) in [6, 6.07) is 0. The lowest BCUT2D eigenvalue weighted by molar-refractivity contribution is -0.122. The maximum atomic E-state index is 11.5. The summed E-state index contributed by atoms with van der Waals surface area (Å²) in [5.41, 5.74) is 0.627. The summed E-state index contributed by atoms with van der Waals surface area (Å²) in [5, 5.41) is 10.2. The van der Waals surface area contributed by atoms with Gasteiger partial charge < -0.3 is 5.32 Å². The third-order valence-corrected chi connectivity index (χ3v) is 2.91. The summed E-state index contributed by atoms with van der Waals surface area (Å²) in [6.07, 6.45) is 2.11. The number of nitrogens with zero attached hydrogens (tertiary/aromatic N) is 3. The van der Waals surface area contributed by atoms with Crippen LogP contribution in [0.1, 0.15) is 26.0 Å². The van der Waals surface area contributed by atoms with Crippen LogP contribution >= 0.6 is 0 Å². The number of rotatable bonds is 2. The SMILES string of the molecule is CC1(C)CC(=O)NCCN1Cc1cnon1. The van der Waals surface area contributed by atoms with Crippen molar-refractivity contribution in [3.05, 3.63) is 11.9 Å². The molecular weight excluding hydrogens is 208 g/mol. The second-order valence-electron chi connectivity index (χ2n) is 4.66. The van der Waals surface area contributed by atoms with Crippen LogP contribution in [-0.4, -0.2) is 39.7 Å². The van der Waals surface area contributed by atoms with Gasteiger partial charge in [0, 0.05) is 31.6 Å². The number of aromatic nitrogens is 2. The van der Waals surface area contributed by atoms with E-state index in [1.807, 2.05) is 0 Å². The zero-order chi connectivity index (χ0) is 11.6. The molecule has 0 aliphatic carbocycles. The lowest BCUT2D eigenvalue weighted by atomic mass is 9.98. The second-order valence-corrected chi connectivity index (χ2v) is 4.66. The Labute approximate surface area is 94.0 Å². The van der Waals surface area contributed by atoms with E-state index in [0.29, 0.717) is 19.5 Å². The molecule has 0 saturated carbocycles. The fraction of sp³-hybridized carbons (Fsp3) is 0.700. The molecule has 1 aromatic rings. The van der Waals surface area contributed by atoms with Crippen LogP contribution in [0.3, 0.4) is 0 Å². The number of hydrogen-bond donors (Lipinski definition) is 1. The molecule has 0 unspecified atom stereocenters. The van der Waals surface area contributed by atoms with E-state index in [9.17, 15) is 4.79 Å². The highest BCUT2D eigenvalue weighted by Gasteiger charge is 2.32. The molecule has 6 nitrogen and oxygen atoms in total. The largest absolute Gasteiger partial charge is 0.355 e. The van der Waals surface area contributed by atoms with Crippen LogP contribution < -0.4 is 5.32 Å². The highest BCUT2D eigenvalue weighted by Crippen LogP contribution is 2.22. The van der Waals surface area contributed by atoms with Crippen molar-refractivity contribution in [2.45, 2.75) is 32.4 Å². The van der Waals surface area contributed by atoms with E-state index in [2.05, 4.69) is 39.0 Å². The van der Waals surface area contributed by atoms with E-state index >= 15 is 0 Å². The third kappa shape index (κ3) is 2.38. The summed E-state index contributed by atoms with van der Waals surface area (Å²) >= 11 is 0. The summed E-state index contributed by atoms with van der Waals surface area (Å²) in [6.45, 7) is 6.27. The zero-order valence-corrected chi connectivity index (χ0v) is 9.56. The molecule has 1 aliphatic heterocycles. The van der Waals surface area contributed by atoms with Crippen molar-refractivity contribution >= 4 is 5.91 Å². The Bertz CT molecular complexity index is 361. The maximum absolute atomic E-state index is 11.5. The number of carbonyl (C=O) groups excluding carboxylic acids is 1. The van der Waals surface area contributed by atoms with E-state index in [4.69, 9.17) is 0 Å². The molecule has 1 aromatic heterocycles. The molecule has 1 N–H and O–H groups in total. The van der Waals surface area contributed by atoms with Gasteiger partial charge in [-0.3, -0.25) is 9.69 Å². The van der Waals surface area contributed by atoms with Crippen LogP contribution in [0.25, 0.3) is 0 Å². The van der Waals surface area contributed by atoms with Gasteiger partial charge in [0.25, 0.3) is 0 Å². The molecule has 0 spiro atoms. The number of carbonyl (C=O) groups is 1. The smallest absolute Gasteiger partial charge is 0.221 e. The van der Waals surface area contributed by atoms with Gasteiger partial charge >= 0.3 is 0 Å². The Hall–Kier alpha value is -1.43. The third-order valence-electron chi connectivity index (χ3n) is 2.91. The summed E-state index contributed by atoms with van der Waals surface area (Å²) in [5.74, 6) is 0.103. The first-order chi connectivity index (χ1) is 7.58. The minimum absolute atomic E-state index is 0.103. The molecule has 2 rings (SSSR count). The van der Waals surface area contributed by atoms with E-state index in [0.717, 1.165) is 12.2 Å². The predicted molar refractivity (Wildman–Crippen MR) is 56.4 cm³/mol. The molecule has 0 aromatic carbocycles. The quantitative estimate of drug-likeness (QED) is 0.775. The minimum Gasteiger partial charge on any atom is -0.355 e. The molecule has 1 fully saturated rings. The van der Waals surface area contributed by atoms with Gasteiger partial charge in [-0.25, -0.2) is 4.63 Å². The molecule has 0 radical (unpaired) electrons. The molecule has 1 saturated heterocycles. The molecule has 16 heavy (non-hydrogen) atoms. The van der Waals surface area contributed by atoms with Crippen LogP contribution in [0.5, 0.6) is 0 Å². The van der Waals surface area contributed by atoms with Crippen LogP contribution in [0, 0.1) is 0 Å². The number of hydrogen-bond acceptors (Lipinski definition) is 5. The van der Waals surface area contributed by atoms with Crippen molar-refractivity contribution < 1.29 is 9.42 Å². The second kappa shape index (κ2) is 4.21. The lowest BCUT2D eigenvalue weighted by Gasteiger charge is -2.35. The first-order valence-electron chi connectivity index (χ1n) is 5.36. The molecule has 1 aliphatic rings. The summed E-state index contributed by atoms with van der Waals surface area (Å²) < 4.78 is 4.57. The Kier molecular flexibility index (Phi) is 2.91. The van der Waals surface area contributed by atoms with Crippen LogP contribution in [0.2, 0.25) is 0 Å². The van der Waals surface area contributed by atoms with E-state index in [-0.39, 0.29) is 11.4 Å². The van der Waals surface area contributed by atoms with Gasteiger partial charge in [0.1, 0.15) is 5.69 Å². The minimum atomic E-state index is -0.167. The highest BCUT2D eigenvalue weighted by atomic mass is 16.6. The van der Waals surface area contributed by atoms with Crippen molar-refractivity contribution in [2.24, 2.45) is 0 Å². The van der Waals surface area contributed by atoms with Gasteiger partial charge in [-0.2, -0.15) is 0 Å². The van der Waals surface area contributed by atoms with Gasteiger partial charge in [0.15, 0.2) is 0 Å². The van der Waals surface area contributed by atoms with Gasteiger partial charge in [-0.15, -0.1) is 0 Å². The standard InChI is InChI=1S/C10H16N4O2/c1-10(2)5-9(15)11-3-4-14(10)7-8-6-12-16-13-8/h6H,3-5,7H2,1-2H3,(H,11,15). The Morgan fingerprint density at radius 1 is 1.62 bits per heavy atom. The van der Waals surface area contributed by atoms with Gasteiger partial charge in [-0.05, 0) is 13.8 Å². The van der Waals surface area contributed by atoms with Crippen LogP contribution in [0.4, 0.5) is 0 Å². The van der Waals surface area contributed by atoms with Crippen molar-refractivity contribution in [2.75, 3.05) is 13.1 Å². The first kappa shape index (κ1) is 11.1. The predicted octanol–water partition coefficient (Wildman–Crippen LogP) is 0.170. The average Bonchev–Trinajstić information content (AvgIpc) is 2.63. The lowest BCUT2D eigenvalue weighted by Crippen LogP contribution is -2.44. The number of nitrogens with one attached hydrogen (secondary N) is 1. The molecule has 0 atom stereocenters. The maximum Gasteiger partial charge on any atom is 0.221 e. The van der Waals surface area contributed by atoms with Gasteiger partial charge in [0.2, 0.25) is 5.91 Å². The molecule has 6 heteroatoms. The zero-order valence-electron chi connectivity index (χ0n) is 9.56. The Balaban J connectivity index is 2.09. The summed E-state index contributed by atoms with van der Waals surface area (Å²) in [7, 11) is 0. The van der Waals surface area contributed by atoms with Crippen molar-refractivity contribution in [1.29, 1.82) is 0 Å². The topological polar surface area (TPSA) is 71.3 Å². The fourth-order valence-corrected chi connectivity index (χ4v) is 1.94. The summed E-state index contributed by atoms with van der Waals surface area (Å²) in [4.78, 5) is 13.7. The number of amides is 1. The average molecular weight is 224 g/mol. The van der Waals surface area contributed by atoms with Crippen LogP contribution in [-0.2, 0) is 11.3 Å². The monoisotopic (exact) mass is 224 g/mol. The molecule has 1 amide bonds. The first-order valence-corrected chi connectivity index (χ1v) is 5.36. The van der Waals surface area contributed by atoms with E-state index in [1.54, 1.807) is 6.20 Å². The van der Waals surface area contributed by atoms with Crippen molar-refractivity contribution in [3.8, 4) is 0 Å². The molecule has 2 heterocycles. The van der Waals surface area contributed by atoms with Crippen molar-refractivity contribution in [1.82, 2.24) is 20.5 Å². The Morgan fingerprint density at radius 2 is 2.44 bits per heavy atom. The van der Waals surface area contributed by atoms with E-state index in [1.165, 1.54) is 0 Å². The van der Waals surface area contributed by atoms with Gasteiger partial charge in [-0.1, -0.05) is 10.3 Å².